The maximum atomic E-state index is 14.0. The molecule has 3 rings (SSSR count). The highest BCUT2D eigenvalue weighted by molar-refractivity contribution is 14.1. The van der Waals surface area contributed by atoms with E-state index in [1.165, 1.54) is 4.90 Å². The summed E-state index contributed by atoms with van der Waals surface area (Å²) < 4.78 is 27.6. The number of halogens is 1. The van der Waals surface area contributed by atoms with Crippen molar-refractivity contribution < 1.29 is 18.0 Å². The van der Waals surface area contributed by atoms with E-state index in [0.717, 1.165) is 25.3 Å². The second-order valence-electron chi connectivity index (χ2n) is 10.2. The fourth-order valence-electron chi connectivity index (χ4n) is 4.01. The molecular formula is C29H34IN3O4S. The molecule has 0 radical (unpaired) electrons. The van der Waals surface area contributed by atoms with Crippen molar-refractivity contribution in [3.8, 4) is 0 Å². The summed E-state index contributed by atoms with van der Waals surface area (Å²) >= 11 is 2.14. The minimum atomic E-state index is -3.78. The second kappa shape index (κ2) is 12.8. The molecule has 0 bridgehead atoms. The zero-order valence-corrected chi connectivity index (χ0v) is 25.1. The van der Waals surface area contributed by atoms with Gasteiger partial charge in [-0.3, -0.25) is 13.9 Å². The quantitative estimate of drug-likeness (QED) is 0.326. The summed E-state index contributed by atoms with van der Waals surface area (Å²) in [4.78, 5) is 29.1. The largest absolute Gasteiger partial charge is 0.350 e. The van der Waals surface area contributed by atoms with Gasteiger partial charge in [0.25, 0.3) is 0 Å². The summed E-state index contributed by atoms with van der Waals surface area (Å²) in [6, 6.07) is 24.9. The molecule has 0 aliphatic carbocycles. The van der Waals surface area contributed by atoms with Crippen molar-refractivity contribution in [1.29, 1.82) is 0 Å². The van der Waals surface area contributed by atoms with Gasteiger partial charge in [-0.15, -0.1) is 0 Å². The molecule has 0 saturated heterocycles. The van der Waals surface area contributed by atoms with Crippen LogP contribution < -0.4 is 9.62 Å². The fourth-order valence-corrected chi connectivity index (χ4v) is 5.22. The summed E-state index contributed by atoms with van der Waals surface area (Å²) in [5, 5.41) is 3.02. The minimum Gasteiger partial charge on any atom is -0.350 e. The Morgan fingerprint density at radius 1 is 0.868 bits per heavy atom. The number of nitrogens with one attached hydrogen (secondary N) is 1. The number of nitrogens with zero attached hydrogens (tertiary/aromatic N) is 2. The Labute approximate surface area is 239 Å². The van der Waals surface area contributed by atoms with Gasteiger partial charge in [-0.1, -0.05) is 60.7 Å². The molecule has 2 amide bonds. The van der Waals surface area contributed by atoms with Crippen LogP contribution >= 0.6 is 22.6 Å². The summed E-state index contributed by atoms with van der Waals surface area (Å²) in [6.07, 6.45) is 1.36. The normalized spacial score (nSPS) is 12.4. The average Bonchev–Trinajstić information content (AvgIpc) is 2.84. The fraction of sp³-hybridized carbons (Fsp3) is 0.310. The van der Waals surface area contributed by atoms with Crippen LogP contribution in [0.2, 0.25) is 0 Å². The lowest BCUT2D eigenvalue weighted by Crippen LogP contribution is -2.56. The van der Waals surface area contributed by atoms with E-state index in [-0.39, 0.29) is 18.9 Å². The van der Waals surface area contributed by atoms with E-state index >= 15 is 0 Å². The number of benzene rings is 3. The van der Waals surface area contributed by atoms with Crippen LogP contribution in [0.3, 0.4) is 0 Å². The standard InChI is InChI=1S/C29H34IN3O4S/c1-29(2,3)31-28(35)26(19-22-11-7-5-8-12-22)32(20-23-13-9-6-10-14-23)27(34)21-33(38(4,36)37)25-17-15-24(30)16-18-25/h5-18,26H,19-21H2,1-4H3,(H,31,35)/t26-/m1/s1. The van der Waals surface area contributed by atoms with Gasteiger partial charge in [-0.05, 0) is 78.8 Å². The van der Waals surface area contributed by atoms with E-state index < -0.39 is 34.1 Å². The van der Waals surface area contributed by atoms with Crippen LogP contribution in [-0.4, -0.2) is 49.5 Å². The molecule has 1 atom stereocenters. The smallest absolute Gasteiger partial charge is 0.244 e. The van der Waals surface area contributed by atoms with Crippen LogP contribution in [0.15, 0.2) is 84.9 Å². The molecule has 9 heteroatoms. The van der Waals surface area contributed by atoms with Gasteiger partial charge in [0.2, 0.25) is 21.8 Å². The van der Waals surface area contributed by atoms with Gasteiger partial charge in [-0.2, -0.15) is 0 Å². The molecule has 3 aromatic rings. The number of rotatable bonds is 10. The van der Waals surface area contributed by atoms with Crippen molar-refractivity contribution in [3.05, 3.63) is 99.6 Å². The van der Waals surface area contributed by atoms with Gasteiger partial charge in [0.05, 0.1) is 11.9 Å². The maximum Gasteiger partial charge on any atom is 0.244 e. The zero-order valence-electron chi connectivity index (χ0n) is 22.1. The van der Waals surface area contributed by atoms with E-state index in [0.29, 0.717) is 5.69 Å². The lowest BCUT2D eigenvalue weighted by molar-refractivity contribution is -0.140. The molecule has 202 valence electrons. The van der Waals surface area contributed by atoms with Gasteiger partial charge in [-0.25, -0.2) is 8.42 Å². The third-order valence-corrected chi connectivity index (χ3v) is 7.62. The summed E-state index contributed by atoms with van der Waals surface area (Å²) in [7, 11) is -3.78. The van der Waals surface area contributed by atoms with Gasteiger partial charge in [0.15, 0.2) is 0 Å². The molecule has 0 spiro atoms. The van der Waals surface area contributed by atoms with Crippen molar-refractivity contribution in [2.24, 2.45) is 0 Å². The van der Waals surface area contributed by atoms with Crippen LogP contribution in [0.4, 0.5) is 5.69 Å². The van der Waals surface area contributed by atoms with E-state index in [2.05, 4.69) is 27.9 Å². The van der Waals surface area contributed by atoms with Crippen molar-refractivity contribution >= 4 is 50.1 Å². The van der Waals surface area contributed by atoms with E-state index in [9.17, 15) is 18.0 Å². The predicted molar refractivity (Wildman–Crippen MR) is 160 cm³/mol. The monoisotopic (exact) mass is 647 g/mol. The molecule has 0 unspecified atom stereocenters. The number of sulfonamides is 1. The summed E-state index contributed by atoms with van der Waals surface area (Å²) in [5.74, 6) is -0.770. The Morgan fingerprint density at radius 3 is 1.89 bits per heavy atom. The predicted octanol–water partition coefficient (Wildman–Crippen LogP) is 4.61. The van der Waals surface area contributed by atoms with E-state index in [4.69, 9.17) is 0 Å². The average molecular weight is 648 g/mol. The lowest BCUT2D eigenvalue weighted by atomic mass is 10.0. The SMILES string of the molecule is CC(C)(C)NC(=O)[C@@H](Cc1ccccc1)N(Cc1ccccc1)C(=O)CN(c1ccc(I)cc1)S(C)(=O)=O. The topological polar surface area (TPSA) is 86.8 Å². The number of hydrogen-bond acceptors (Lipinski definition) is 4. The van der Waals surface area contributed by atoms with Crippen molar-refractivity contribution in [3.63, 3.8) is 0 Å². The Hall–Kier alpha value is -2.92. The molecule has 0 saturated carbocycles. The Kier molecular flexibility index (Phi) is 9.94. The molecule has 0 aliphatic heterocycles. The summed E-state index contributed by atoms with van der Waals surface area (Å²) in [5.41, 5.74) is 1.60. The number of amides is 2. The first-order valence-corrected chi connectivity index (χ1v) is 15.2. The molecule has 38 heavy (non-hydrogen) atoms. The summed E-state index contributed by atoms with van der Waals surface area (Å²) in [6.45, 7) is 5.38. The Balaban J connectivity index is 2.04. The molecule has 0 fully saturated rings. The number of carbonyl (C=O) groups excluding carboxylic acids is 2. The highest BCUT2D eigenvalue weighted by Crippen LogP contribution is 2.21. The number of anilines is 1. The van der Waals surface area contributed by atoms with Gasteiger partial charge in [0.1, 0.15) is 12.6 Å². The third-order valence-electron chi connectivity index (χ3n) is 5.76. The first-order valence-electron chi connectivity index (χ1n) is 12.3. The zero-order chi connectivity index (χ0) is 27.9. The van der Waals surface area contributed by atoms with Crippen molar-refractivity contribution in [2.75, 3.05) is 17.1 Å². The van der Waals surface area contributed by atoms with Crippen LogP contribution in [0.5, 0.6) is 0 Å². The number of hydrogen-bond donors (Lipinski definition) is 1. The molecule has 0 heterocycles. The van der Waals surface area contributed by atoms with Crippen LogP contribution in [0.1, 0.15) is 31.9 Å². The second-order valence-corrected chi connectivity index (χ2v) is 13.4. The van der Waals surface area contributed by atoms with Gasteiger partial charge < -0.3 is 10.2 Å². The minimum absolute atomic E-state index is 0.152. The Bertz CT molecular complexity index is 1330. The van der Waals surface area contributed by atoms with Gasteiger partial charge >= 0.3 is 0 Å². The molecule has 7 nitrogen and oxygen atoms in total. The Morgan fingerprint density at radius 2 is 1.39 bits per heavy atom. The molecule has 0 aromatic heterocycles. The number of carbonyl (C=O) groups is 2. The van der Waals surface area contributed by atoms with Crippen LogP contribution in [0.25, 0.3) is 0 Å². The maximum absolute atomic E-state index is 14.0. The molecule has 0 aliphatic rings. The highest BCUT2D eigenvalue weighted by atomic mass is 127. The van der Waals surface area contributed by atoms with Crippen LogP contribution in [0, 0.1) is 3.57 Å². The third kappa shape index (κ3) is 8.83. The molecule has 3 aromatic carbocycles. The van der Waals surface area contributed by atoms with Gasteiger partial charge in [0, 0.05) is 22.1 Å². The van der Waals surface area contributed by atoms with E-state index in [1.807, 2.05) is 81.4 Å². The lowest BCUT2D eigenvalue weighted by Gasteiger charge is -2.35. The molecule has 1 N–H and O–H groups in total. The van der Waals surface area contributed by atoms with E-state index in [1.54, 1.807) is 24.3 Å². The van der Waals surface area contributed by atoms with Crippen molar-refractivity contribution in [2.45, 2.75) is 45.3 Å². The van der Waals surface area contributed by atoms with Crippen LogP contribution in [-0.2, 0) is 32.6 Å². The van der Waals surface area contributed by atoms with Crippen molar-refractivity contribution in [1.82, 2.24) is 10.2 Å². The highest BCUT2D eigenvalue weighted by Gasteiger charge is 2.34. The molecular weight excluding hydrogens is 613 g/mol. The first-order chi connectivity index (χ1) is 17.8. The first kappa shape index (κ1) is 29.6.